The number of thiophene rings is 1. The third-order valence-corrected chi connectivity index (χ3v) is 4.77. The molecule has 3 aromatic rings. The Kier molecular flexibility index (Phi) is 3.81. The van der Waals surface area contributed by atoms with Crippen molar-refractivity contribution in [3.63, 3.8) is 0 Å². The summed E-state index contributed by atoms with van der Waals surface area (Å²) in [6.07, 6.45) is -0.0275. The summed E-state index contributed by atoms with van der Waals surface area (Å²) in [5.74, 6) is -0.794. The Labute approximate surface area is 135 Å². The van der Waals surface area contributed by atoms with Crippen LogP contribution in [0.3, 0.4) is 0 Å². The molecule has 0 saturated heterocycles. The summed E-state index contributed by atoms with van der Waals surface area (Å²) in [4.78, 5) is 28.1. The van der Waals surface area contributed by atoms with Crippen molar-refractivity contribution in [1.29, 1.82) is 0 Å². The Hall–Kier alpha value is -2.41. The van der Waals surface area contributed by atoms with Gasteiger partial charge in [-0.2, -0.15) is 0 Å². The highest BCUT2D eigenvalue weighted by Gasteiger charge is 2.21. The van der Waals surface area contributed by atoms with Gasteiger partial charge in [0.2, 0.25) is 0 Å². The highest BCUT2D eigenvalue weighted by atomic mass is 32.1. The summed E-state index contributed by atoms with van der Waals surface area (Å²) in [5.41, 5.74) is 1.20. The minimum atomic E-state index is -0.976. The van der Waals surface area contributed by atoms with Crippen LogP contribution in [-0.4, -0.2) is 29.0 Å². The molecule has 0 fully saturated rings. The second-order valence-electron chi connectivity index (χ2n) is 5.38. The van der Waals surface area contributed by atoms with Crippen LogP contribution in [0.2, 0.25) is 0 Å². The first-order valence-corrected chi connectivity index (χ1v) is 7.86. The van der Waals surface area contributed by atoms with Gasteiger partial charge >= 0.3 is 5.97 Å². The van der Waals surface area contributed by atoms with E-state index in [9.17, 15) is 9.59 Å². The zero-order valence-electron chi connectivity index (χ0n) is 12.9. The quantitative estimate of drug-likeness (QED) is 0.717. The maximum absolute atomic E-state index is 12.3. The van der Waals surface area contributed by atoms with Gasteiger partial charge in [-0.25, -0.2) is 4.98 Å². The number of carboxylic acids is 1. The molecule has 1 aromatic carbocycles. The van der Waals surface area contributed by atoms with Crippen LogP contribution in [-0.2, 0) is 4.79 Å². The number of carboxylic acid groups (broad SMARTS) is 1. The first kappa shape index (κ1) is 15.5. The fourth-order valence-electron chi connectivity index (χ4n) is 2.41. The lowest BCUT2D eigenvalue weighted by Gasteiger charge is -2.02. The predicted molar refractivity (Wildman–Crippen MR) is 86.4 cm³/mol. The third kappa shape index (κ3) is 2.68. The fourth-order valence-corrected chi connectivity index (χ4v) is 3.46. The maximum Gasteiger partial charge on any atom is 0.306 e. The number of carbonyl (C=O) groups excluding carboxylic acids is 1. The normalized spacial score (nSPS) is 12.7. The summed E-state index contributed by atoms with van der Waals surface area (Å²) in [6.45, 7) is 3.27. The Balaban J connectivity index is 2.10. The Bertz CT molecular complexity index is 923. The molecule has 0 radical (unpaired) electrons. The van der Waals surface area contributed by atoms with Crippen LogP contribution < -0.4 is 4.74 Å². The second-order valence-corrected chi connectivity index (χ2v) is 6.46. The second kappa shape index (κ2) is 5.66. The van der Waals surface area contributed by atoms with E-state index in [4.69, 9.17) is 14.3 Å². The minimum absolute atomic E-state index is 0.0275. The highest BCUT2D eigenvalue weighted by Crippen LogP contribution is 2.38. The zero-order valence-corrected chi connectivity index (χ0v) is 13.7. The monoisotopic (exact) mass is 333 g/mol. The molecule has 1 N–H and O–H groups in total. The van der Waals surface area contributed by atoms with E-state index < -0.39 is 11.9 Å². The molecule has 0 saturated carbocycles. The molecule has 2 heterocycles. The molecular weight excluding hydrogens is 318 g/mol. The van der Waals surface area contributed by atoms with Gasteiger partial charge in [-0.05, 0) is 6.07 Å². The van der Waals surface area contributed by atoms with Crippen LogP contribution in [0, 0.1) is 12.8 Å². The van der Waals surface area contributed by atoms with Crippen LogP contribution >= 0.6 is 11.3 Å². The van der Waals surface area contributed by atoms with Gasteiger partial charge in [-0.15, -0.1) is 11.3 Å². The van der Waals surface area contributed by atoms with Crippen molar-refractivity contribution in [1.82, 2.24) is 4.98 Å². The van der Waals surface area contributed by atoms with E-state index in [1.54, 1.807) is 20.1 Å². The molecule has 0 aliphatic rings. The van der Waals surface area contributed by atoms with Crippen LogP contribution in [0.15, 0.2) is 16.5 Å². The van der Waals surface area contributed by atoms with Crippen LogP contribution in [0.4, 0.5) is 0 Å². The lowest BCUT2D eigenvalue weighted by molar-refractivity contribution is -0.141. The molecule has 23 heavy (non-hydrogen) atoms. The predicted octanol–water partition coefficient (Wildman–Crippen LogP) is 3.65. The van der Waals surface area contributed by atoms with Crippen molar-refractivity contribution in [3.05, 3.63) is 22.9 Å². The molecule has 0 bridgehead atoms. The number of oxazole rings is 1. The number of fused-ring (bicyclic) bond motifs is 3. The van der Waals surface area contributed by atoms with E-state index in [1.807, 2.05) is 6.07 Å². The molecule has 3 rings (SSSR count). The fraction of sp³-hybridized carbons (Fsp3) is 0.312. The maximum atomic E-state index is 12.3. The van der Waals surface area contributed by atoms with Crippen molar-refractivity contribution in [2.45, 2.75) is 20.3 Å². The third-order valence-electron chi connectivity index (χ3n) is 3.64. The van der Waals surface area contributed by atoms with Crippen molar-refractivity contribution in [3.8, 4) is 5.75 Å². The van der Waals surface area contributed by atoms with Crippen molar-refractivity contribution in [2.75, 3.05) is 7.11 Å². The number of benzene rings is 1. The van der Waals surface area contributed by atoms with Crippen molar-refractivity contribution in [2.24, 2.45) is 5.92 Å². The summed E-state index contributed by atoms with van der Waals surface area (Å²) in [7, 11) is 1.55. The van der Waals surface area contributed by atoms with Crippen LogP contribution in [0.1, 0.15) is 28.9 Å². The number of hydrogen-bond acceptors (Lipinski definition) is 6. The van der Waals surface area contributed by atoms with E-state index >= 15 is 0 Å². The summed E-state index contributed by atoms with van der Waals surface area (Å²) >= 11 is 1.31. The Morgan fingerprint density at radius 2 is 2.17 bits per heavy atom. The van der Waals surface area contributed by atoms with Crippen molar-refractivity contribution >= 4 is 44.3 Å². The average Bonchev–Trinajstić information content (AvgIpc) is 3.08. The summed E-state index contributed by atoms with van der Waals surface area (Å²) in [5, 5.41) is 9.76. The number of nitrogens with zero attached hydrogens (tertiary/aromatic N) is 1. The largest absolute Gasteiger partial charge is 0.493 e. The van der Waals surface area contributed by atoms with Gasteiger partial charge in [0.05, 0.1) is 17.9 Å². The number of hydrogen-bond donors (Lipinski definition) is 1. The molecule has 0 unspecified atom stereocenters. The van der Waals surface area contributed by atoms with Gasteiger partial charge in [0.15, 0.2) is 23.0 Å². The highest BCUT2D eigenvalue weighted by molar-refractivity contribution is 7.21. The lowest BCUT2D eigenvalue weighted by Crippen LogP contribution is -2.13. The van der Waals surface area contributed by atoms with Gasteiger partial charge in [0, 0.05) is 29.5 Å². The van der Waals surface area contributed by atoms with E-state index in [2.05, 4.69) is 4.98 Å². The molecule has 0 spiro atoms. The number of ketones is 1. The Morgan fingerprint density at radius 1 is 1.43 bits per heavy atom. The molecule has 0 aliphatic carbocycles. The standard InChI is InChI=1S/C16H15NO5S/c1-7(16(19)20)4-10(18)13-5-9-12(23-13)6-11(21-3)15-14(9)17-8(2)22-15/h5-7H,4H2,1-3H3,(H,19,20)/t7-/m0/s1. The Morgan fingerprint density at radius 3 is 2.83 bits per heavy atom. The number of aromatic nitrogens is 1. The first-order chi connectivity index (χ1) is 10.9. The number of Topliss-reactive ketones (excluding diaryl/α,β-unsaturated/α-hetero) is 1. The zero-order chi connectivity index (χ0) is 16.7. The molecular formula is C16H15NO5S. The molecule has 7 heteroatoms. The van der Waals surface area contributed by atoms with Crippen LogP contribution in [0.5, 0.6) is 5.75 Å². The van der Waals surface area contributed by atoms with Crippen LogP contribution in [0.25, 0.3) is 21.2 Å². The van der Waals surface area contributed by atoms with Gasteiger partial charge in [0.25, 0.3) is 0 Å². The minimum Gasteiger partial charge on any atom is -0.493 e. The topological polar surface area (TPSA) is 89.6 Å². The van der Waals surface area contributed by atoms with Crippen molar-refractivity contribution < 1.29 is 23.8 Å². The molecule has 120 valence electrons. The number of rotatable bonds is 5. The molecule has 2 aromatic heterocycles. The summed E-state index contributed by atoms with van der Waals surface area (Å²) < 4.78 is 11.8. The SMILES string of the molecule is COc1cc2sc(C(=O)C[C@H](C)C(=O)O)cc2c2nc(C)oc12. The number of aryl methyl sites for hydroxylation is 1. The number of carbonyl (C=O) groups is 2. The number of ether oxygens (including phenoxy) is 1. The molecule has 0 amide bonds. The van der Waals surface area contributed by atoms with E-state index in [1.165, 1.54) is 18.3 Å². The van der Waals surface area contributed by atoms with E-state index in [-0.39, 0.29) is 12.2 Å². The van der Waals surface area contributed by atoms with Gasteiger partial charge in [0.1, 0.15) is 5.52 Å². The van der Waals surface area contributed by atoms with Gasteiger partial charge in [-0.3, -0.25) is 9.59 Å². The molecule has 1 atom stereocenters. The molecule has 0 aliphatic heterocycles. The van der Waals surface area contributed by atoms with Gasteiger partial charge in [-0.1, -0.05) is 6.92 Å². The van der Waals surface area contributed by atoms with Gasteiger partial charge < -0.3 is 14.3 Å². The summed E-state index contributed by atoms with van der Waals surface area (Å²) in [6, 6.07) is 3.56. The number of methoxy groups -OCH3 is 1. The first-order valence-electron chi connectivity index (χ1n) is 7.04. The number of aliphatic carboxylic acids is 1. The molecule has 6 nitrogen and oxygen atoms in total. The lowest BCUT2D eigenvalue weighted by atomic mass is 10.0. The van der Waals surface area contributed by atoms with E-state index in [0.717, 1.165) is 10.1 Å². The van der Waals surface area contributed by atoms with E-state index in [0.29, 0.717) is 27.6 Å². The smallest absolute Gasteiger partial charge is 0.306 e. The average molecular weight is 333 g/mol.